The topological polar surface area (TPSA) is 40.5 Å². The van der Waals surface area contributed by atoms with E-state index < -0.39 is 0 Å². The van der Waals surface area contributed by atoms with Gasteiger partial charge < -0.3 is 10.2 Å². The summed E-state index contributed by atoms with van der Waals surface area (Å²) in [6.07, 6.45) is 1.88. The van der Waals surface area contributed by atoms with Crippen LogP contribution in [0.5, 0.6) is 10.8 Å². The molecule has 0 atom stereocenters. The van der Waals surface area contributed by atoms with Gasteiger partial charge in [0.1, 0.15) is 5.75 Å². The highest BCUT2D eigenvalue weighted by molar-refractivity contribution is 7.99. The van der Waals surface area contributed by atoms with Gasteiger partial charge in [0.25, 0.3) is 0 Å². The zero-order valence-electron chi connectivity index (χ0n) is 6.94. The molecule has 2 nitrogen and oxygen atoms in total. The summed E-state index contributed by atoms with van der Waals surface area (Å²) in [7, 11) is 0. The minimum atomic E-state index is 0.235. The van der Waals surface area contributed by atoms with Crippen LogP contribution in [0.2, 0.25) is 0 Å². The van der Waals surface area contributed by atoms with Crippen molar-refractivity contribution in [2.24, 2.45) is 0 Å². The Morgan fingerprint density at radius 3 is 2.77 bits per heavy atom. The summed E-state index contributed by atoms with van der Waals surface area (Å²) in [5.41, 5.74) is 0. The number of fused-ring (bicyclic) bond motifs is 1. The standard InChI is InChI=1S/C9H8O2S2/c1-12-8-7-5(10)3-2-4-6(7)13-9(8)11/h2-4,10-11H,1H3. The van der Waals surface area contributed by atoms with Crippen LogP contribution < -0.4 is 0 Å². The molecule has 0 radical (unpaired) electrons. The van der Waals surface area contributed by atoms with Gasteiger partial charge >= 0.3 is 0 Å². The summed E-state index contributed by atoms with van der Waals surface area (Å²) in [5, 5.41) is 20.2. The van der Waals surface area contributed by atoms with Crippen molar-refractivity contribution in [1.82, 2.24) is 0 Å². The summed E-state index contributed by atoms with van der Waals surface area (Å²) < 4.78 is 0.918. The van der Waals surface area contributed by atoms with Gasteiger partial charge in [-0.1, -0.05) is 17.4 Å². The van der Waals surface area contributed by atoms with E-state index in [2.05, 4.69) is 0 Å². The maximum Gasteiger partial charge on any atom is 0.186 e. The molecule has 2 rings (SSSR count). The molecule has 0 aliphatic heterocycles. The number of hydrogen-bond acceptors (Lipinski definition) is 4. The van der Waals surface area contributed by atoms with Gasteiger partial charge in [0.15, 0.2) is 5.06 Å². The van der Waals surface area contributed by atoms with Gasteiger partial charge in [-0.05, 0) is 18.4 Å². The number of thiophene rings is 1. The summed E-state index contributed by atoms with van der Waals surface area (Å²) in [4.78, 5) is 0.762. The van der Waals surface area contributed by atoms with Crippen LogP contribution in [0.25, 0.3) is 10.1 Å². The smallest absolute Gasteiger partial charge is 0.186 e. The number of phenolic OH excluding ortho intramolecular Hbond substituents is 1. The lowest BCUT2D eigenvalue weighted by Crippen LogP contribution is -1.69. The van der Waals surface area contributed by atoms with E-state index in [0.717, 1.165) is 15.0 Å². The first-order chi connectivity index (χ1) is 6.24. The van der Waals surface area contributed by atoms with Crippen LogP contribution in [0.1, 0.15) is 0 Å². The molecule has 0 saturated heterocycles. The van der Waals surface area contributed by atoms with Crippen molar-refractivity contribution in [3.8, 4) is 10.8 Å². The van der Waals surface area contributed by atoms with Gasteiger partial charge in [-0.15, -0.1) is 11.8 Å². The first-order valence-electron chi connectivity index (χ1n) is 3.71. The van der Waals surface area contributed by atoms with E-state index in [1.54, 1.807) is 12.1 Å². The Morgan fingerprint density at radius 2 is 2.08 bits per heavy atom. The van der Waals surface area contributed by atoms with E-state index in [4.69, 9.17) is 0 Å². The summed E-state index contributed by atoms with van der Waals surface area (Å²) in [5.74, 6) is 0.235. The lowest BCUT2D eigenvalue weighted by Gasteiger charge is -1.96. The van der Waals surface area contributed by atoms with Crippen LogP contribution in [0.4, 0.5) is 0 Å². The first-order valence-corrected chi connectivity index (χ1v) is 5.75. The normalized spacial score (nSPS) is 10.8. The van der Waals surface area contributed by atoms with Gasteiger partial charge in [-0.3, -0.25) is 0 Å². The van der Waals surface area contributed by atoms with Crippen LogP contribution in [-0.2, 0) is 0 Å². The summed E-state index contributed by atoms with van der Waals surface area (Å²) in [6.45, 7) is 0. The highest BCUT2D eigenvalue weighted by Crippen LogP contribution is 2.45. The van der Waals surface area contributed by atoms with Crippen LogP contribution in [0, 0.1) is 0 Å². The quantitative estimate of drug-likeness (QED) is 0.714. The zero-order valence-corrected chi connectivity index (χ0v) is 8.58. The highest BCUT2D eigenvalue weighted by atomic mass is 32.2. The molecule has 0 amide bonds. The van der Waals surface area contributed by atoms with Crippen molar-refractivity contribution in [2.45, 2.75) is 4.90 Å². The Bertz CT molecular complexity index is 448. The molecule has 68 valence electrons. The number of hydrogen-bond donors (Lipinski definition) is 2. The van der Waals surface area contributed by atoms with Gasteiger partial charge in [0, 0.05) is 4.70 Å². The number of thioether (sulfide) groups is 1. The maximum absolute atomic E-state index is 9.58. The summed E-state index contributed by atoms with van der Waals surface area (Å²) in [6, 6.07) is 5.30. The fourth-order valence-corrected chi connectivity index (χ4v) is 3.17. The third kappa shape index (κ3) is 1.26. The minimum Gasteiger partial charge on any atom is -0.507 e. The Morgan fingerprint density at radius 1 is 1.31 bits per heavy atom. The van der Waals surface area contributed by atoms with E-state index in [-0.39, 0.29) is 10.8 Å². The fraction of sp³-hybridized carbons (Fsp3) is 0.111. The van der Waals surface area contributed by atoms with Crippen LogP contribution in [0.15, 0.2) is 23.1 Å². The molecule has 1 aromatic carbocycles. The molecular weight excluding hydrogens is 204 g/mol. The fourth-order valence-electron chi connectivity index (χ4n) is 1.28. The first kappa shape index (κ1) is 8.72. The molecule has 0 aliphatic carbocycles. The number of aromatic hydroxyl groups is 2. The Hall–Kier alpha value is -0.870. The molecule has 0 saturated carbocycles. The largest absolute Gasteiger partial charge is 0.507 e. The predicted molar refractivity (Wildman–Crippen MR) is 56.9 cm³/mol. The Kier molecular flexibility index (Phi) is 2.09. The minimum absolute atomic E-state index is 0.235. The number of benzene rings is 1. The average molecular weight is 212 g/mol. The molecule has 13 heavy (non-hydrogen) atoms. The van der Waals surface area contributed by atoms with Crippen LogP contribution in [-0.4, -0.2) is 16.5 Å². The average Bonchev–Trinajstić information content (AvgIpc) is 2.42. The predicted octanol–water partition coefficient (Wildman–Crippen LogP) is 3.03. The highest BCUT2D eigenvalue weighted by Gasteiger charge is 2.12. The monoisotopic (exact) mass is 212 g/mol. The van der Waals surface area contributed by atoms with Crippen LogP contribution >= 0.6 is 23.1 Å². The molecule has 0 aliphatic rings. The molecule has 1 aromatic heterocycles. The van der Waals surface area contributed by atoms with E-state index in [1.165, 1.54) is 23.1 Å². The maximum atomic E-state index is 9.58. The molecule has 2 N–H and O–H groups in total. The Labute approximate surface area is 83.8 Å². The third-order valence-electron chi connectivity index (χ3n) is 1.84. The molecule has 4 heteroatoms. The van der Waals surface area contributed by atoms with E-state index in [1.807, 2.05) is 12.3 Å². The molecule has 0 spiro atoms. The van der Waals surface area contributed by atoms with Gasteiger partial charge in [0.05, 0.1) is 10.3 Å². The lowest BCUT2D eigenvalue weighted by atomic mass is 10.2. The van der Waals surface area contributed by atoms with Crippen molar-refractivity contribution in [2.75, 3.05) is 6.26 Å². The van der Waals surface area contributed by atoms with E-state index in [0.29, 0.717) is 0 Å². The van der Waals surface area contributed by atoms with Crippen molar-refractivity contribution >= 4 is 33.2 Å². The zero-order chi connectivity index (χ0) is 9.42. The van der Waals surface area contributed by atoms with Gasteiger partial charge in [-0.25, -0.2) is 0 Å². The van der Waals surface area contributed by atoms with Crippen molar-refractivity contribution in [1.29, 1.82) is 0 Å². The molecular formula is C9H8O2S2. The molecule has 0 fully saturated rings. The molecule has 2 aromatic rings. The second kappa shape index (κ2) is 3.12. The molecule has 0 unspecified atom stereocenters. The van der Waals surface area contributed by atoms with Gasteiger partial charge in [-0.2, -0.15) is 0 Å². The summed E-state index contributed by atoms with van der Waals surface area (Å²) >= 11 is 2.74. The van der Waals surface area contributed by atoms with Gasteiger partial charge in [0.2, 0.25) is 0 Å². The molecule has 0 bridgehead atoms. The van der Waals surface area contributed by atoms with Crippen LogP contribution in [0.3, 0.4) is 0 Å². The number of phenols is 1. The third-order valence-corrected chi connectivity index (χ3v) is 3.73. The molecule has 1 heterocycles. The van der Waals surface area contributed by atoms with Crippen molar-refractivity contribution < 1.29 is 10.2 Å². The SMILES string of the molecule is CSc1c(O)sc2cccc(O)c12. The lowest BCUT2D eigenvalue weighted by molar-refractivity contribution is 0.473. The second-order valence-electron chi connectivity index (χ2n) is 2.59. The van der Waals surface area contributed by atoms with Crippen molar-refractivity contribution in [3.05, 3.63) is 18.2 Å². The second-order valence-corrected chi connectivity index (χ2v) is 4.44. The van der Waals surface area contributed by atoms with E-state index in [9.17, 15) is 10.2 Å². The Balaban J connectivity index is 2.88. The van der Waals surface area contributed by atoms with Crippen molar-refractivity contribution in [3.63, 3.8) is 0 Å². The number of rotatable bonds is 1. The van der Waals surface area contributed by atoms with E-state index >= 15 is 0 Å².